The average Bonchev–Trinajstić information content (AvgIpc) is 3.49. The minimum absolute atomic E-state index is 0.0334. The topological polar surface area (TPSA) is 145 Å². The van der Waals surface area contributed by atoms with Gasteiger partial charge in [-0.3, -0.25) is 19.2 Å². The number of ether oxygens (including phenoxy) is 2. The summed E-state index contributed by atoms with van der Waals surface area (Å²) in [5, 5.41) is 0. The van der Waals surface area contributed by atoms with Crippen LogP contribution < -0.4 is 30.7 Å². The Morgan fingerprint density at radius 1 is 0.528 bits per heavy atom. The number of nitrogens with two attached hydrogens (primary N) is 2. The highest BCUT2D eigenvalue weighted by atomic mass is 19.4. The minimum Gasteiger partial charge on any atom is -0.491 e. The average molecular weight is 741 g/mol. The summed E-state index contributed by atoms with van der Waals surface area (Å²) in [4.78, 5) is 54.9. The maximum Gasteiger partial charge on any atom is 0.411 e. The van der Waals surface area contributed by atoms with Crippen LogP contribution >= 0.6 is 0 Å². The van der Waals surface area contributed by atoms with Gasteiger partial charge in [0, 0.05) is 0 Å². The number of carbonyl (C=O) groups excluding carboxylic acids is 4. The van der Waals surface area contributed by atoms with E-state index in [0.717, 1.165) is 0 Å². The molecule has 0 aliphatic carbocycles. The Balaban J connectivity index is 1.43. The molecular weight excluding hydrogens is 710 g/mol. The molecule has 2 aliphatic heterocycles. The molecule has 10 nitrogen and oxygen atoms in total. The van der Waals surface area contributed by atoms with Gasteiger partial charge >= 0.3 is 12.4 Å². The van der Waals surface area contributed by atoms with Crippen molar-refractivity contribution in [2.45, 2.75) is 44.5 Å². The molecule has 0 atom stereocenters. The molecule has 6 rings (SSSR count). The second kappa shape index (κ2) is 13.2. The van der Waals surface area contributed by atoms with Gasteiger partial charge < -0.3 is 20.9 Å². The smallest absolute Gasteiger partial charge is 0.411 e. The van der Waals surface area contributed by atoms with Crippen molar-refractivity contribution >= 4 is 46.4 Å². The lowest BCUT2D eigenvalue weighted by molar-refractivity contribution is -0.288. The molecule has 0 fully saturated rings. The first-order valence-electron chi connectivity index (χ1n) is 16.2. The van der Waals surface area contributed by atoms with Crippen molar-refractivity contribution in [1.82, 2.24) is 0 Å². The van der Waals surface area contributed by atoms with Crippen molar-refractivity contribution in [2.24, 2.45) is 0 Å². The van der Waals surface area contributed by atoms with Crippen molar-refractivity contribution in [3.05, 3.63) is 106 Å². The summed E-state index contributed by atoms with van der Waals surface area (Å²) >= 11 is 0. The summed E-state index contributed by atoms with van der Waals surface area (Å²) in [6.07, 6.45) is -11.0. The lowest BCUT2D eigenvalue weighted by Gasteiger charge is -2.38. The number of rotatable bonds is 10. The fourth-order valence-corrected chi connectivity index (χ4v) is 6.44. The lowest BCUT2D eigenvalue weighted by Crippen LogP contribution is -2.55. The molecular formula is C37H30F6N4O6. The van der Waals surface area contributed by atoms with Gasteiger partial charge in [-0.1, -0.05) is 26.0 Å². The first-order chi connectivity index (χ1) is 25.0. The predicted molar refractivity (Wildman–Crippen MR) is 181 cm³/mol. The number of anilines is 4. The highest BCUT2D eigenvalue weighted by molar-refractivity contribution is 6.35. The number of carbonyl (C=O) groups is 4. The van der Waals surface area contributed by atoms with Crippen LogP contribution in [0.4, 0.5) is 49.1 Å². The minimum atomic E-state index is -6.13. The van der Waals surface area contributed by atoms with E-state index in [1.807, 2.05) is 13.8 Å². The Hall–Kier alpha value is -6.06. The van der Waals surface area contributed by atoms with Gasteiger partial charge in [0.25, 0.3) is 23.6 Å². The van der Waals surface area contributed by atoms with Crippen LogP contribution in [0, 0.1) is 0 Å². The molecule has 4 amide bonds. The molecule has 0 spiro atoms. The number of benzene rings is 4. The van der Waals surface area contributed by atoms with Gasteiger partial charge in [0.05, 0.1) is 58.2 Å². The van der Waals surface area contributed by atoms with Gasteiger partial charge in [-0.25, -0.2) is 9.80 Å². The quantitative estimate of drug-likeness (QED) is 0.0970. The number of imide groups is 2. The van der Waals surface area contributed by atoms with Gasteiger partial charge in [0.2, 0.25) is 5.41 Å². The van der Waals surface area contributed by atoms with E-state index in [1.54, 1.807) is 0 Å². The van der Waals surface area contributed by atoms with Gasteiger partial charge in [-0.2, -0.15) is 26.3 Å². The first-order valence-corrected chi connectivity index (χ1v) is 16.2. The van der Waals surface area contributed by atoms with Crippen LogP contribution in [0.25, 0.3) is 0 Å². The number of fused-ring (bicyclic) bond motifs is 2. The molecule has 16 heteroatoms. The maximum atomic E-state index is 15.2. The number of nitrogens with zero attached hydrogens (tertiary/aromatic N) is 2. The van der Waals surface area contributed by atoms with Crippen LogP contribution in [0.2, 0.25) is 0 Å². The number of halogens is 6. The standard InChI is InChI=1S/C37H30F6N4O6/c1-3-13-52-29-11-7-21(17-27(29)44)46-31(48)23-9-5-19(15-25(23)33(46)50)35(36(38,39)40,37(41,42)43)20-6-10-24-26(16-20)34(51)47(32(24)49)22-8-12-30(28(45)18-22)53-14-4-2/h5-12,15-18H,3-4,13-14,44-45H2,1-2H3. The van der Waals surface area contributed by atoms with E-state index in [2.05, 4.69) is 0 Å². The van der Waals surface area contributed by atoms with Gasteiger partial charge in [0.1, 0.15) is 11.5 Å². The number of amides is 4. The van der Waals surface area contributed by atoms with Crippen LogP contribution in [-0.4, -0.2) is 49.2 Å². The molecule has 0 radical (unpaired) electrons. The second-order valence-electron chi connectivity index (χ2n) is 12.3. The maximum absolute atomic E-state index is 15.2. The number of hydrogen-bond donors (Lipinski definition) is 2. The largest absolute Gasteiger partial charge is 0.491 e. The predicted octanol–water partition coefficient (Wildman–Crippen LogP) is 7.44. The molecule has 2 aliphatic rings. The normalized spacial score (nSPS) is 14.6. The highest BCUT2D eigenvalue weighted by Gasteiger charge is 2.73. The Kier molecular flexibility index (Phi) is 9.12. The molecule has 0 saturated carbocycles. The van der Waals surface area contributed by atoms with Gasteiger partial charge in [0.15, 0.2) is 0 Å². The Labute approximate surface area is 297 Å². The third-order valence-corrected chi connectivity index (χ3v) is 8.92. The highest BCUT2D eigenvalue weighted by Crippen LogP contribution is 2.57. The van der Waals surface area contributed by atoms with E-state index in [9.17, 15) is 19.2 Å². The summed E-state index contributed by atoms with van der Waals surface area (Å²) in [5.74, 6) is -3.91. The summed E-state index contributed by atoms with van der Waals surface area (Å²) in [6.45, 7) is 4.32. The van der Waals surface area contributed by atoms with E-state index in [4.69, 9.17) is 20.9 Å². The van der Waals surface area contributed by atoms with Crippen molar-refractivity contribution < 1.29 is 55.0 Å². The van der Waals surface area contributed by atoms with Crippen LogP contribution in [-0.2, 0) is 5.41 Å². The molecule has 276 valence electrons. The summed E-state index contributed by atoms with van der Waals surface area (Å²) in [5.41, 5.74) is 1.83. The molecule has 0 aromatic heterocycles. The van der Waals surface area contributed by atoms with Crippen LogP contribution in [0.3, 0.4) is 0 Å². The summed E-state index contributed by atoms with van der Waals surface area (Å²) in [6, 6.07) is 10.9. The van der Waals surface area contributed by atoms with Crippen molar-refractivity contribution in [3.63, 3.8) is 0 Å². The monoisotopic (exact) mass is 740 g/mol. The second-order valence-corrected chi connectivity index (χ2v) is 12.3. The number of hydrogen-bond acceptors (Lipinski definition) is 8. The van der Waals surface area contributed by atoms with Gasteiger partial charge in [-0.15, -0.1) is 0 Å². The Morgan fingerprint density at radius 2 is 0.887 bits per heavy atom. The molecule has 4 N–H and O–H groups in total. The Morgan fingerprint density at radius 3 is 1.21 bits per heavy atom. The fourth-order valence-electron chi connectivity index (χ4n) is 6.44. The molecule has 4 aromatic rings. The first kappa shape index (κ1) is 36.7. The van der Waals surface area contributed by atoms with Crippen molar-refractivity contribution in [1.29, 1.82) is 0 Å². The number of nitrogen functional groups attached to an aromatic ring is 2. The van der Waals surface area contributed by atoms with Gasteiger partial charge in [-0.05, 0) is 84.6 Å². The lowest BCUT2D eigenvalue weighted by atomic mass is 9.71. The number of alkyl halides is 6. The van der Waals surface area contributed by atoms with Crippen LogP contribution in [0.15, 0.2) is 72.8 Å². The van der Waals surface area contributed by atoms with E-state index in [-0.39, 0.29) is 34.2 Å². The summed E-state index contributed by atoms with van der Waals surface area (Å²) in [7, 11) is 0. The Bertz CT molecular complexity index is 2030. The van der Waals surface area contributed by atoms with Crippen molar-refractivity contribution in [2.75, 3.05) is 34.5 Å². The van der Waals surface area contributed by atoms with E-state index in [1.165, 1.54) is 36.4 Å². The molecule has 0 saturated heterocycles. The molecule has 4 aromatic carbocycles. The third-order valence-electron chi connectivity index (χ3n) is 8.92. The van der Waals surface area contributed by atoms with E-state index >= 15 is 26.3 Å². The third kappa shape index (κ3) is 5.77. The molecule has 0 bridgehead atoms. The SMILES string of the molecule is CCCOc1ccc(N2C(=O)c3ccc(C(c4ccc5c(c4)C(=O)N(c4ccc(OCCC)c(N)c4)C5=O)(C(F)(F)F)C(F)(F)F)cc3C2=O)cc1N. The zero-order valence-corrected chi connectivity index (χ0v) is 28.0. The van der Waals surface area contributed by atoms with Crippen LogP contribution in [0.5, 0.6) is 11.5 Å². The summed E-state index contributed by atoms with van der Waals surface area (Å²) < 4.78 is 102. The molecule has 0 unspecified atom stereocenters. The molecule has 2 heterocycles. The molecule has 53 heavy (non-hydrogen) atoms. The zero-order chi connectivity index (χ0) is 38.6. The fraction of sp³-hybridized carbons (Fsp3) is 0.243. The van der Waals surface area contributed by atoms with E-state index in [0.29, 0.717) is 72.3 Å². The zero-order valence-electron chi connectivity index (χ0n) is 28.0. The van der Waals surface area contributed by atoms with Crippen molar-refractivity contribution in [3.8, 4) is 11.5 Å². The van der Waals surface area contributed by atoms with Crippen LogP contribution in [0.1, 0.15) is 79.2 Å². The van der Waals surface area contributed by atoms with E-state index < -0.39 is 74.8 Å².